The number of benzene rings is 1. The number of nitrogens with two attached hydrogens (primary N) is 1. The molecule has 0 aliphatic carbocycles. The Bertz CT molecular complexity index is 406. The predicted octanol–water partition coefficient (Wildman–Crippen LogP) is 1.59. The first-order chi connectivity index (χ1) is 7.02. The molecule has 0 aromatic heterocycles. The van der Waals surface area contributed by atoms with Crippen LogP contribution in [0.1, 0.15) is 10.4 Å². The average Bonchev–Trinajstić information content (AvgIpc) is 2.16. The number of hydrogen-bond donors (Lipinski definition) is 2. The van der Waals surface area contributed by atoms with Crippen LogP contribution in [0.25, 0.3) is 0 Å². The Morgan fingerprint density at radius 2 is 2.07 bits per heavy atom. The van der Waals surface area contributed by atoms with Gasteiger partial charge in [0.15, 0.2) is 11.5 Å². The molecule has 0 aliphatic heterocycles. The quantitative estimate of drug-likeness (QED) is 0.652. The zero-order valence-electron chi connectivity index (χ0n) is 8.20. The Hall–Kier alpha value is -1.18. The lowest BCUT2D eigenvalue weighted by atomic mass is 10.1. The van der Waals surface area contributed by atoms with Gasteiger partial charge in [-0.05, 0) is 22.6 Å². The Kier molecular flexibility index (Phi) is 3.61. The van der Waals surface area contributed by atoms with Crippen LogP contribution in [-0.2, 0) is 0 Å². The number of nitrogen functional groups attached to an aromatic ring is 1. The van der Waals surface area contributed by atoms with Crippen LogP contribution in [-0.4, -0.2) is 25.3 Å². The summed E-state index contributed by atoms with van der Waals surface area (Å²) in [5.41, 5.74) is 5.79. The lowest BCUT2D eigenvalue weighted by Crippen LogP contribution is -2.07. The molecular weight excluding hydrogens is 313 g/mol. The maximum atomic E-state index is 10.9. The van der Waals surface area contributed by atoms with E-state index in [0.29, 0.717) is 15.1 Å². The number of halogens is 1. The van der Waals surface area contributed by atoms with Gasteiger partial charge in [-0.1, -0.05) is 0 Å². The zero-order chi connectivity index (χ0) is 11.6. The molecule has 5 nitrogen and oxygen atoms in total. The summed E-state index contributed by atoms with van der Waals surface area (Å²) in [4.78, 5) is 10.9. The van der Waals surface area contributed by atoms with Crippen molar-refractivity contribution in [2.75, 3.05) is 20.0 Å². The van der Waals surface area contributed by atoms with Crippen LogP contribution in [0.15, 0.2) is 6.07 Å². The van der Waals surface area contributed by atoms with E-state index in [4.69, 9.17) is 20.3 Å². The van der Waals surface area contributed by atoms with E-state index in [-0.39, 0.29) is 11.3 Å². The highest BCUT2D eigenvalue weighted by Gasteiger charge is 2.20. The van der Waals surface area contributed by atoms with E-state index in [9.17, 15) is 4.79 Å². The summed E-state index contributed by atoms with van der Waals surface area (Å²) in [6.07, 6.45) is 0. The van der Waals surface area contributed by atoms with Crippen molar-refractivity contribution in [3.8, 4) is 11.5 Å². The smallest absolute Gasteiger partial charge is 0.339 e. The molecule has 0 radical (unpaired) electrons. The van der Waals surface area contributed by atoms with Gasteiger partial charge in [0.25, 0.3) is 0 Å². The molecular formula is C9H10INO4. The van der Waals surface area contributed by atoms with Gasteiger partial charge in [0, 0.05) is 6.07 Å². The minimum atomic E-state index is -1.09. The fraction of sp³-hybridized carbons (Fsp3) is 0.222. The number of carbonyl (C=O) groups is 1. The van der Waals surface area contributed by atoms with Gasteiger partial charge in [-0.25, -0.2) is 4.79 Å². The van der Waals surface area contributed by atoms with Crippen LogP contribution in [0, 0.1) is 3.57 Å². The van der Waals surface area contributed by atoms with Crippen molar-refractivity contribution < 1.29 is 19.4 Å². The van der Waals surface area contributed by atoms with E-state index in [1.165, 1.54) is 20.3 Å². The summed E-state index contributed by atoms with van der Waals surface area (Å²) in [7, 11) is 2.91. The van der Waals surface area contributed by atoms with Crippen LogP contribution in [0.3, 0.4) is 0 Å². The topological polar surface area (TPSA) is 81.8 Å². The van der Waals surface area contributed by atoms with Crippen LogP contribution in [0.2, 0.25) is 0 Å². The van der Waals surface area contributed by atoms with Crippen molar-refractivity contribution in [1.82, 2.24) is 0 Å². The zero-order valence-corrected chi connectivity index (χ0v) is 10.4. The molecule has 0 aliphatic rings. The summed E-state index contributed by atoms with van der Waals surface area (Å²) < 4.78 is 10.5. The van der Waals surface area contributed by atoms with Gasteiger partial charge in [0.05, 0.1) is 29.0 Å². The molecule has 0 saturated carbocycles. The highest BCUT2D eigenvalue weighted by Crippen LogP contribution is 2.37. The first-order valence-corrected chi connectivity index (χ1v) is 5.04. The average molecular weight is 323 g/mol. The third-order valence-corrected chi connectivity index (χ3v) is 2.89. The van der Waals surface area contributed by atoms with Gasteiger partial charge in [-0.3, -0.25) is 0 Å². The lowest BCUT2D eigenvalue weighted by Gasteiger charge is -2.13. The summed E-state index contributed by atoms with van der Waals surface area (Å²) in [5.74, 6) is -0.285. The van der Waals surface area contributed by atoms with E-state index in [2.05, 4.69) is 0 Å². The summed E-state index contributed by atoms with van der Waals surface area (Å²) in [6, 6.07) is 1.43. The molecule has 0 atom stereocenters. The molecule has 0 amide bonds. The second-order valence-electron chi connectivity index (χ2n) is 2.70. The third kappa shape index (κ3) is 2.09. The van der Waals surface area contributed by atoms with E-state index in [1.807, 2.05) is 22.6 Å². The van der Waals surface area contributed by atoms with Gasteiger partial charge < -0.3 is 20.3 Å². The van der Waals surface area contributed by atoms with E-state index >= 15 is 0 Å². The first-order valence-electron chi connectivity index (χ1n) is 3.96. The van der Waals surface area contributed by atoms with Crippen molar-refractivity contribution in [3.63, 3.8) is 0 Å². The molecule has 6 heteroatoms. The lowest BCUT2D eigenvalue weighted by molar-refractivity contribution is 0.0696. The van der Waals surface area contributed by atoms with Crippen LogP contribution in [0.5, 0.6) is 11.5 Å². The summed E-state index contributed by atoms with van der Waals surface area (Å²) >= 11 is 1.86. The minimum absolute atomic E-state index is 0.0354. The highest BCUT2D eigenvalue weighted by molar-refractivity contribution is 14.1. The number of rotatable bonds is 3. The van der Waals surface area contributed by atoms with Crippen molar-refractivity contribution in [2.24, 2.45) is 0 Å². The van der Waals surface area contributed by atoms with Gasteiger partial charge in [0.1, 0.15) is 0 Å². The summed E-state index contributed by atoms with van der Waals surface area (Å²) in [5, 5.41) is 8.95. The SMILES string of the molecule is COc1cc(N)c(C(=O)O)c(I)c1OC. The number of hydrogen-bond acceptors (Lipinski definition) is 4. The Morgan fingerprint density at radius 1 is 1.47 bits per heavy atom. The van der Waals surface area contributed by atoms with Gasteiger partial charge in [-0.2, -0.15) is 0 Å². The van der Waals surface area contributed by atoms with Crippen molar-refractivity contribution in [3.05, 3.63) is 15.2 Å². The molecule has 0 saturated heterocycles. The van der Waals surface area contributed by atoms with Gasteiger partial charge in [0.2, 0.25) is 0 Å². The Morgan fingerprint density at radius 3 is 2.47 bits per heavy atom. The maximum absolute atomic E-state index is 10.9. The van der Waals surface area contributed by atoms with Crippen molar-refractivity contribution in [1.29, 1.82) is 0 Å². The fourth-order valence-corrected chi connectivity index (χ4v) is 2.21. The Labute approximate surface area is 100 Å². The Balaban J connectivity index is 3.51. The number of methoxy groups -OCH3 is 2. The van der Waals surface area contributed by atoms with Crippen LogP contribution >= 0.6 is 22.6 Å². The van der Waals surface area contributed by atoms with Crippen LogP contribution < -0.4 is 15.2 Å². The fourth-order valence-electron chi connectivity index (χ4n) is 1.19. The first kappa shape index (κ1) is 11.9. The minimum Gasteiger partial charge on any atom is -0.493 e. The molecule has 82 valence electrons. The van der Waals surface area contributed by atoms with Crippen molar-refractivity contribution >= 4 is 34.2 Å². The van der Waals surface area contributed by atoms with Gasteiger partial charge in [-0.15, -0.1) is 0 Å². The van der Waals surface area contributed by atoms with E-state index in [1.54, 1.807) is 0 Å². The maximum Gasteiger partial charge on any atom is 0.339 e. The highest BCUT2D eigenvalue weighted by atomic mass is 127. The molecule has 0 spiro atoms. The molecule has 0 unspecified atom stereocenters. The molecule has 1 rings (SSSR count). The monoisotopic (exact) mass is 323 g/mol. The van der Waals surface area contributed by atoms with E-state index < -0.39 is 5.97 Å². The molecule has 0 bridgehead atoms. The standard InChI is InChI=1S/C9H10INO4/c1-14-5-3-4(11)6(9(12)13)7(10)8(5)15-2/h3H,11H2,1-2H3,(H,12,13). The second-order valence-corrected chi connectivity index (χ2v) is 3.77. The molecule has 0 heterocycles. The molecule has 3 N–H and O–H groups in total. The van der Waals surface area contributed by atoms with Crippen LogP contribution in [0.4, 0.5) is 5.69 Å². The second kappa shape index (κ2) is 4.56. The number of carboxylic acids is 1. The largest absolute Gasteiger partial charge is 0.493 e. The van der Waals surface area contributed by atoms with Crippen molar-refractivity contribution in [2.45, 2.75) is 0 Å². The number of anilines is 1. The molecule has 1 aromatic carbocycles. The van der Waals surface area contributed by atoms with E-state index in [0.717, 1.165) is 0 Å². The van der Waals surface area contributed by atoms with Gasteiger partial charge >= 0.3 is 5.97 Å². The number of aromatic carboxylic acids is 1. The molecule has 0 fully saturated rings. The summed E-state index contributed by atoms with van der Waals surface area (Å²) in [6.45, 7) is 0. The normalized spacial score (nSPS) is 9.80. The molecule has 15 heavy (non-hydrogen) atoms. The number of ether oxygens (including phenoxy) is 2. The molecule has 1 aromatic rings. The third-order valence-electron chi connectivity index (χ3n) is 1.86. The predicted molar refractivity (Wildman–Crippen MR) is 63.6 cm³/mol. The number of carboxylic acid groups (broad SMARTS) is 1.